The molecule has 2 aromatic heterocycles. The number of hydrogen-bond acceptors (Lipinski definition) is 3. The zero-order valence-electron chi connectivity index (χ0n) is 8.79. The van der Waals surface area contributed by atoms with Gasteiger partial charge in [0, 0.05) is 6.07 Å². The minimum atomic E-state index is -0.967. The highest BCUT2D eigenvalue weighted by Gasteiger charge is 2.14. The first-order valence-corrected chi connectivity index (χ1v) is 4.92. The molecular weight excluding hydrogens is 228 g/mol. The van der Waals surface area contributed by atoms with Crippen LogP contribution in [0.1, 0.15) is 5.76 Å². The molecule has 0 fully saturated rings. The Morgan fingerprint density at radius 1 is 1.29 bits per heavy atom. The maximum Gasteiger partial charge on any atom is 0.186 e. The molecule has 0 aliphatic heterocycles. The zero-order valence-corrected chi connectivity index (χ0v) is 8.79. The highest BCUT2D eigenvalue weighted by Crippen LogP contribution is 2.23. The number of nitrogens with zero attached hydrogens (tertiary/aromatic N) is 2. The van der Waals surface area contributed by atoms with Gasteiger partial charge in [0.05, 0.1) is 5.52 Å². The van der Waals surface area contributed by atoms with Crippen LogP contribution in [-0.2, 0) is 0 Å². The topological polar surface area (TPSA) is 54.7 Å². The van der Waals surface area contributed by atoms with Gasteiger partial charge in [-0.15, -0.1) is 0 Å². The number of rotatable bonds is 1. The van der Waals surface area contributed by atoms with Gasteiger partial charge in [-0.2, -0.15) is 0 Å². The number of imidazole rings is 1. The molecule has 2 heterocycles. The number of H-pyrrole nitrogens is 1. The second kappa shape index (κ2) is 3.38. The SMILES string of the molecule is Cc1cc(-c2nc3c(F)c(F)ccc3[nH]2)no1. The van der Waals surface area contributed by atoms with Gasteiger partial charge in [-0.25, -0.2) is 13.8 Å². The normalized spacial score (nSPS) is 11.2. The van der Waals surface area contributed by atoms with E-state index in [0.717, 1.165) is 6.07 Å². The summed E-state index contributed by atoms with van der Waals surface area (Å²) >= 11 is 0. The highest BCUT2D eigenvalue weighted by atomic mass is 19.2. The summed E-state index contributed by atoms with van der Waals surface area (Å²) in [4.78, 5) is 6.82. The summed E-state index contributed by atoms with van der Waals surface area (Å²) < 4.78 is 31.3. The van der Waals surface area contributed by atoms with Crippen molar-refractivity contribution in [1.82, 2.24) is 15.1 Å². The molecule has 1 N–H and O–H groups in total. The van der Waals surface area contributed by atoms with Gasteiger partial charge in [0.2, 0.25) is 0 Å². The van der Waals surface area contributed by atoms with Crippen LogP contribution >= 0.6 is 0 Å². The Balaban J connectivity index is 2.23. The lowest BCUT2D eigenvalue weighted by Gasteiger charge is -1.91. The standard InChI is InChI=1S/C11H7F2N3O/c1-5-4-8(16-17-5)11-14-7-3-2-6(12)9(13)10(7)15-11/h2-4H,1H3,(H,14,15). The van der Waals surface area contributed by atoms with Crippen LogP contribution in [0.25, 0.3) is 22.6 Å². The molecule has 86 valence electrons. The predicted octanol–water partition coefficient (Wildman–Crippen LogP) is 2.80. The van der Waals surface area contributed by atoms with E-state index in [0.29, 0.717) is 22.8 Å². The molecule has 0 aliphatic rings. The van der Waals surface area contributed by atoms with Crippen LogP contribution in [0, 0.1) is 18.6 Å². The van der Waals surface area contributed by atoms with Crippen LogP contribution in [0.3, 0.4) is 0 Å². The number of benzene rings is 1. The molecule has 6 heteroatoms. The number of nitrogens with one attached hydrogen (secondary N) is 1. The monoisotopic (exact) mass is 235 g/mol. The lowest BCUT2D eigenvalue weighted by Crippen LogP contribution is -1.84. The molecule has 3 rings (SSSR count). The van der Waals surface area contributed by atoms with Crippen LogP contribution in [0.2, 0.25) is 0 Å². The molecule has 0 amide bonds. The van der Waals surface area contributed by atoms with E-state index in [4.69, 9.17) is 4.52 Å². The van der Waals surface area contributed by atoms with Gasteiger partial charge in [-0.05, 0) is 19.1 Å². The lowest BCUT2D eigenvalue weighted by molar-refractivity contribution is 0.399. The minimum absolute atomic E-state index is 0.0411. The van der Waals surface area contributed by atoms with E-state index in [9.17, 15) is 8.78 Å². The molecular formula is C11H7F2N3O. The maximum atomic E-state index is 13.4. The number of aryl methyl sites for hydroxylation is 1. The molecule has 17 heavy (non-hydrogen) atoms. The van der Waals surface area contributed by atoms with Gasteiger partial charge in [-0.3, -0.25) is 0 Å². The first kappa shape index (κ1) is 9.95. The first-order valence-electron chi connectivity index (χ1n) is 4.92. The van der Waals surface area contributed by atoms with Crippen LogP contribution in [-0.4, -0.2) is 15.1 Å². The van der Waals surface area contributed by atoms with E-state index in [1.165, 1.54) is 6.07 Å². The fraction of sp³-hybridized carbons (Fsp3) is 0.0909. The summed E-state index contributed by atoms with van der Waals surface area (Å²) in [6.07, 6.45) is 0. The van der Waals surface area contributed by atoms with Gasteiger partial charge < -0.3 is 9.51 Å². The van der Waals surface area contributed by atoms with Crippen molar-refractivity contribution in [3.05, 3.63) is 35.6 Å². The van der Waals surface area contributed by atoms with Crippen molar-refractivity contribution in [1.29, 1.82) is 0 Å². The Kier molecular flexibility index (Phi) is 1.98. The van der Waals surface area contributed by atoms with E-state index in [1.807, 2.05) is 0 Å². The van der Waals surface area contributed by atoms with E-state index < -0.39 is 11.6 Å². The number of halogens is 2. The van der Waals surface area contributed by atoms with E-state index in [2.05, 4.69) is 15.1 Å². The highest BCUT2D eigenvalue weighted by molar-refractivity contribution is 5.79. The molecule has 3 aromatic rings. The first-order chi connectivity index (χ1) is 8.15. The van der Waals surface area contributed by atoms with Crippen LogP contribution < -0.4 is 0 Å². The lowest BCUT2D eigenvalue weighted by atomic mass is 10.3. The van der Waals surface area contributed by atoms with Crippen molar-refractivity contribution in [2.45, 2.75) is 6.92 Å². The summed E-state index contributed by atoms with van der Waals surface area (Å²) in [5.41, 5.74) is 0.832. The Morgan fingerprint density at radius 3 is 2.82 bits per heavy atom. The molecule has 0 spiro atoms. The van der Waals surface area contributed by atoms with Crippen molar-refractivity contribution < 1.29 is 13.3 Å². The average molecular weight is 235 g/mol. The third-order valence-electron chi connectivity index (χ3n) is 2.42. The molecule has 1 aromatic carbocycles. The van der Waals surface area contributed by atoms with Gasteiger partial charge >= 0.3 is 0 Å². The zero-order chi connectivity index (χ0) is 12.0. The van der Waals surface area contributed by atoms with Crippen molar-refractivity contribution in [2.24, 2.45) is 0 Å². The Hall–Kier alpha value is -2.24. The molecule has 4 nitrogen and oxygen atoms in total. The third-order valence-corrected chi connectivity index (χ3v) is 2.42. The van der Waals surface area contributed by atoms with Crippen LogP contribution in [0.15, 0.2) is 22.7 Å². The maximum absolute atomic E-state index is 13.4. The van der Waals surface area contributed by atoms with E-state index in [-0.39, 0.29) is 5.52 Å². The summed E-state index contributed by atoms with van der Waals surface area (Å²) in [6, 6.07) is 4.14. The Labute approximate surface area is 94.3 Å². The minimum Gasteiger partial charge on any atom is -0.361 e. The summed E-state index contributed by atoms with van der Waals surface area (Å²) in [5.74, 6) is -0.925. The van der Waals surface area contributed by atoms with Crippen molar-refractivity contribution in [3.8, 4) is 11.5 Å². The largest absolute Gasteiger partial charge is 0.361 e. The number of fused-ring (bicyclic) bond motifs is 1. The number of aromatic amines is 1. The van der Waals surface area contributed by atoms with E-state index >= 15 is 0 Å². The summed E-state index contributed by atoms with van der Waals surface area (Å²) in [6.45, 7) is 1.74. The molecule has 0 saturated heterocycles. The van der Waals surface area contributed by atoms with Gasteiger partial charge in [0.25, 0.3) is 0 Å². The van der Waals surface area contributed by atoms with Crippen molar-refractivity contribution in [2.75, 3.05) is 0 Å². The van der Waals surface area contributed by atoms with Crippen LogP contribution in [0.4, 0.5) is 8.78 Å². The molecule has 0 radical (unpaired) electrons. The Morgan fingerprint density at radius 2 is 2.12 bits per heavy atom. The summed E-state index contributed by atoms with van der Waals surface area (Å²) in [5, 5.41) is 3.75. The van der Waals surface area contributed by atoms with Gasteiger partial charge in [0.15, 0.2) is 17.5 Å². The number of hydrogen-bond donors (Lipinski definition) is 1. The Bertz CT molecular complexity index is 702. The van der Waals surface area contributed by atoms with Crippen molar-refractivity contribution in [3.63, 3.8) is 0 Å². The number of aromatic nitrogens is 3. The smallest absolute Gasteiger partial charge is 0.186 e. The van der Waals surface area contributed by atoms with Crippen molar-refractivity contribution >= 4 is 11.0 Å². The fourth-order valence-corrected chi connectivity index (χ4v) is 1.62. The van der Waals surface area contributed by atoms with Gasteiger partial charge in [-0.1, -0.05) is 5.16 Å². The quantitative estimate of drug-likeness (QED) is 0.705. The third kappa shape index (κ3) is 1.49. The second-order valence-electron chi connectivity index (χ2n) is 3.67. The molecule has 0 atom stereocenters. The summed E-state index contributed by atoms with van der Waals surface area (Å²) in [7, 11) is 0. The second-order valence-corrected chi connectivity index (χ2v) is 3.67. The van der Waals surface area contributed by atoms with E-state index in [1.54, 1.807) is 13.0 Å². The average Bonchev–Trinajstić information content (AvgIpc) is 2.90. The molecule has 0 bridgehead atoms. The van der Waals surface area contributed by atoms with Crippen LogP contribution in [0.5, 0.6) is 0 Å². The fourth-order valence-electron chi connectivity index (χ4n) is 1.62. The molecule has 0 aliphatic carbocycles. The molecule has 0 unspecified atom stereocenters. The molecule has 0 saturated carbocycles. The predicted molar refractivity (Wildman–Crippen MR) is 56.2 cm³/mol. The van der Waals surface area contributed by atoms with Gasteiger partial charge in [0.1, 0.15) is 17.0 Å².